The number of hydrogen-bond acceptors (Lipinski definition) is 6. The average Bonchev–Trinajstić information content (AvgIpc) is 2.99. The predicted molar refractivity (Wildman–Crippen MR) is 106 cm³/mol. The van der Waals surface area contributed by atoms with Crippen molar-refractivity contribution in [2.45, 2.75) is 57.5 Å². The van der Waals surface area contributed by atoms with Gasteiger partial charge in [-0.2, -0.15) is 0 Å². The Labute approximate surface area is 170 Å². The molecule has 0 radical (unpaired) electrons. The molecule has 2 atom stereocenters. The third kappa shape index (κ3) is 4.34. The molecule has 2 saturated heterocycles. The minimum Gasteiger partial charge on any atom is -0.373 e. The van der Waals surface area contributed by atoms with Crippen LogP contribution < -0.4 is 16.0 Å². The molecule has 0 aliphatic carbocycles. The topological polar surface area (TPSA) is 99.8 Å². The molecular weight excluding hydrogens is 372 g/mol. The zero-order valence-corrected chi connectivity index (χ0v) is 16.9. The van der Waals surface area contributed by atoms with Crippen molar-refractivity contribution in [1.82, 2.24) is 20.9 Å². The smallest absolute Gasteiger partial charge is 0.255 e. The Bertz CT molecular complexity index is 828. The maximum atomic E-state index is 12.7. The molecule has 3 aliphatic rings. The molecule has 3 aliphatic heterocycles. The van der Waals surface area contributed by atoms with Crippen molar-refractivity contribution in [3.63, 3.8) is 0 Å². The summed E-state index contributed by atoms with van der Waals surface area (Å²) >= 11 is 0. The first kappa shape index (κ1) is 20.0. The maximum Gasteiger partial charge on any atom is 0.255 e. The van der Waals surface area contributed by atoms with Crippen LogP contribution >= 0.6 is 0 Å². The summed E-state index contributed by atoms with van der Waals surface area (Å²) in [4.78, 5) is 37.8. The summed E-state index contributed by atoms with van der Waals surface area (Å²) in [5, 5.41) is 9.27. The largest absolute Gasteiger partial charge is 0.373 e. The second kappa shape index (κ2) is 7.85. The lowest BCUT2D eigenvalue weighted by molar-refractivity contribution is -0.136. The van der Waals surface area contributed by atoms with Crippen molar-refractivity contribution in [3.05, 3.63) is 34.9 Å². The van der Waals surface area contributed by atoms with Crippen LogP contribution in [0.15, 0.2) is 18.2 Å². The standard InChI is InChI=1S/C21H28N4O4/c1-21(2)12-23-15(11-29-21)9-22-8-13-3-4-16-14(7-13)10-25(20(16)28)17-5-6-18(26)24-19(17)27/h3-4,7,15,17,22-23H,5-6,8-12H2,1-2H3,(H,24,26,27). The number of piperidine rings is 1. The lowest BCUT2D eigenvalue weighted by atomic mass is 10.0. The van der Waals surface area contributed by atoms with Crippen molar-refractivity contribution in [2.75, 3.05) is 19.7 Å². The first-order chi connectivity index (χ1) is 13.8. The molecule has 0 spiro atoms. The lowest BCUT2D eigenvalue weighted by Gasteiger charge is -2.35. The molecule has 0 saturated carbocycles. The van der Waals surface area contributed by atoms with E-state index in [2.05, 4.69) is 29.8 Å². The summed E-state index contributed by atoms with van der Waals surface area (Å²) in [5.74, 6) is -0.792. The van der Waals surface area contributed by atoms with Crippen molar-refractivity contribution >= 4 is 17.7 Å². The van der Waals surface area contributed by atoms with Gasteiger partial charge in [0.25, 0.3) is 5.91 Å². The number of hydrogen-bond donors (Lipinski definition) is 3. The average molecular weight is 400 g/mol. The summed E-state index contributed by atoms with van der Waals surface area (Å²) in [5.41, 5.74) is 2.55. The van der Waals surface area contributed by atoms with Crippen LogP contribution in [0.1, 0.15) is 48.2 Å². The minimum atomic E-state index is -0.573. The van der Waals surface area contributed by atoms with Gasteiger partial charge in [0.2, 0.25) is 11.8 Å². The first-order valence-electron chi connectivity index (χ1n) is 10.2. The van der Waals surface area contributed by atoms with E-state index in [1.54, 1.807) is 4.90 Å². The second-order valence-corrected chi connectivity index (χ2v) is 8.67. The fraction of sp³-hybridized carbons (Fsp3) is 0.571. The quantitative estimate of drug-likeness (QED) is 0.615. The molecule has 0 aromatic heterocycles. The van der Waals surface area contributed by atoms with Gasteiger partial charge in [-0.05, 0) is 37.5 Å². The fourth-order valence-corrected chi connectivity index (χ4v) is 4.09. The Morgan fingerprint density at radius 2 is 2.10 bits per heavy atom. The van der Waals surface area contributed by atoms with Gasteiger partial charge in [-0.25, -0.2) is 0 Å². The molecule has 8 heteroatoms. The van der Waals surface area contributed by atoms with E-state index in [4.69, 9.17) is 4.74 Å². The molecule has 0 bridgehead atoms. The third-order valence-corrected chi connectivity index (χ3v) is 5.80. The third-order valence-electron chi connectivity index (χ3n) is 5.80. The van der Waals surface area contributed by atoms with E-state index in [-0.39, 0.29) is 35.8 Å². The van der Waals surface area contributed by atoms with Gasteiger partial charge in [-0.15, -0.1) is 0 Å². The lowest BCUT2D eigenvalue weighted by Crippen LogP contribution is -2.54. The van der Waals surface area contributed by atoms with Crippen LogP contribution in [-0.2, 0) is 27.4 Å². The number of carbonyl (C=O) groups excluding carboxylic acids is 3. The SMILES string of the molecule is CC1(C)CNC(CNCc2ccc3c(c2)CN(C2CCC(=O)NC2=O)C3=O)CO1. The van der Waals surface area contributed by atoms with Crippen molar-refractivity contribution in [3.8, 4) is 0 Å². The first-order valence-corrected chi connectivity index (χ1v) is 10.2. The van der Waals surface area contributed by atoms with Gasteiger partial charge in [-0.3, -0.25) is 19.7 Å². The molecule has 156 valence electrons. The normalized spacial score (nSPS) is 26.4. The number of morpholine rings is 1. The maximum absolute atomic E-state index is 12.7. The number of rotatable bonds is 5. The van der Waals surface area contributed by atoms with Crippen LogP contribution in [0.25, 0.3) is 0 Å². The van der Waals surface area contributed by atoms with E-state index in [9.17, 15) is 14.4 Å². The van der Waals surface area contributed by atoms with Crippen LogP contribution in [0.3, 0.4) is 0 Å². The number of imide groups is 1. The van der Waals surface area contributed by atoms with Crippen LogP contribution in [0.2, 0.25) is 0 Å². The zero-order chi connectivity index (χ0) is 20.6. The number of ether oxygens (including phenoxy) is 1. The molecular formula is C21H28N4O4. The molecule has 4 rings (SSSR count). The summed E-state index contributed by atoms with van der Waals surface area (Å²) in [6.45, 7) is 7.56. The molecule has 1 aromatic carbocycles. The van der Waals surface area contributed by atoms with Gasteiger partial charge in [-0.1, -0.05) is 12.1 Å². The summed E-state index contributed by atoms with van der Waals surface area (Å²) in [7, 11) is 0. The molecule has 2 unspecified atom stereocenters. The molecule has 29 heavy (non-hydrogen) atoms. The Hall–Kier alpha value is -2.29. The highest BCUT2D eigenvalue weighted by atomic mass is 16.5. The molecule has 1 aromatic rings. The van der Waals surface area contributed by atoms with E-state index in [0.29, 0.717) is 31.7 Å². The number of amides is 3. The van der Waals surface area contributed by atoms with Gasteiger partial charge < -0.3 is 20.3 Å². The highest BCUT2D eigenvalue weighted by Crippen LogP contribution is 2.28. The minimum absolute atomic E-state index is 0.114. The Balaban J connectivity index is 1.33. The molecule has 3 heterocycles. The van der Waals surface area contributed by atoms with Gasteiger partial charge >= 0.3 is 0 Å². The van der Waals surface area contributed by atoms with E-state index in [0.717, 1.165) is 24.2 Å². The van der Waals surface area contributed by atoms with Gasteiger partial charge in [0.05, 0.1) is 12.2 Å². The number of nitrogens with one attached hydrogen (secondary N) is 3. The second-order valence-electron chi connectivity index (χ2n) is 8.67. The van der Waals surface area contributed by atoms with Crippen LogP contribution in [0, 0.1) is 0 Å². The van der Waals surface area contributed by atoms with Crippen molar-refractivity contribution in [2.24, 2.45) is 0 Å². The Morgan fingerprint density at radius 3 is 2.83 bits per heavy atom. The molecule has 3 amide bonds. The number of nitrogens with zero attached hydrogens (tertiary/aromatic N) is 1. The van der Waals surface area contributed by atoms with E-state index >= 15 is 0 Å². The number of carbonyl (C=O) groups is 3. The number of benzene rings is 1. The molecule has 8 nitrogen and oxygen atoms in total. The Morgan fingerprint density at radius 1 is 1.28 bits per heavy atom. The van der Waals surface area contributed by atoms with Gasteiger partial charge in [0.15, 0.2) is 0 Å². The van der Waals surface area contributed by atoms with Crippen molar-refractivity contribution in [1.29, 1.82) is 0 Å². The monoisotopic (exact) mass is 400 g/mol. The van der Waals surface area contributed by atoms with Crippen LogP contribution in [-0.4, -0.2) is 60.0 Å². The highest BCUT2D eigenvalue weighted by Gasteiger charge is 2.39. The predicted octanol–water partition coefficient (Wildman–Crippen LogP) is 0.304. The van der Waals surface area contributed by atoms with Gasteiger partial charge in [0, 0.05) is 44.2 Å². The van der Waals surface area contributed by atoms with Crippen molar-refractivity contribution < 1.29 is 19.1 Å². The van der Waals surface area contributed by atoms with E-state index in [1.165, 1.54) is 0 Å². The van der Waals surface area contributed by atoms with Crippen LogP contribution in [0.4, 0.5) is 0 Å². The summed E-state index contributed by atoms with van der Waals surface area (Å²) < 4.78 is 5.84. The van der Waals surface area contributed by atoms with E-state index < -0.39 is 6.04 Å². The molecule has 2 fully saturated rings. The zero-order valence-electron chi connectivity index (χ0n) is 16.9. The fourth-order valence-electron chi connectivity index (χ4n) is 4.09. The van der Waals surface area contributed by atoms with E-state index in [1.807, 2.05) is 18.2 Å². The Kier molecular flexibility index (Phi) is 5.42. The van der Waals surface area contributed by atoms with Crippen LogP contribution in [0.5, 0.6) is 0 Å². The van der Waals surface area contributed by atoms with Gasteiger partial charge in [0.1, 0.15) is 6.04 Å². The summed E-state index contributed by atoms with van der Waals surface area (Å²) in [6.07, 6.45) is 0.647. The molecule has 3 N–H and O–H groups in total. The highest BCUT2D eigenvalue weighted by molar-refractivity contribution is 6.05. The number of fused-ring (bicyclic) bond motifs is 1. The summed E-state index contributed by atoms with van der Waals surface area (Å²) in [6, 6.07) is 5.52.